The summed E-state index contributed by atoms with van der Waals surface area (Å²) in [6.07, 6.45) is 1.71. The van der Waals surface area contributed by atoms with Crippen molar-refractivity contribution in [2.75, 3.05) is 4.90 Å². The van der Waals surface area contributed by atoms with Crippen LogP contribution in [0.5, 0.6) is 0 Å². The molecular formula is C28H29NO3. The van der Waals surface area contributed by atoms with Crippen LogP contribution in [0.3, 0.4) is 0 Å². The Labute approximate surface area is 189 Å². The van der Waals surface area contributed by atoms with Crippen LogP contribution >= 0.6 is 0 Å². The number of nitrogens with zero attached hydrogens (tertiary/aromatic N) is 1. The second kappa shape index (κ2) is 8.71. The highest BCUT2D eigenvalue weighted by molar-refractivity contribution is 6.10. The lowest BCUT2D eigenvalue weighted by atomic mass is 9.88. The number of hydrogen-bond acceptors (Lipinski definition) is 3. The van der Waals surface area contributed by atoms with E-state index < -0.39 is 11.5 Å². The number of anilines is 1. The molecule has 0 aromatic heterocycles. The summed E-state index contributed by atoms with van der Waals surface area (Å²) >= 11 is 0. The first-order valence-electron chi connectivity index (χ1n) is 11.2. The zero-order valence-electron chi connectivity index (χ0n) is 18.9. The average molecular weight is 428 g/mol. The minimum atomic E-state index is -1.87. The van der Waals surface area contributed by atoms with E-state index in [9.17, 15) is 14.7 Å². The first kappa shape index (κ1) is 22.0. The first-order chi connectivity index (χ1) is 15.3. The molecule has 4 rings (SSSR count). The SMILES string of the molecule is CCCc1ccc(C(=O)CC2(O)C(=O)N(Cc3cc(C)ccc3C)c3ccccc32)cc1. The fourth-order valence-electron chi connectivity index (χ4n) is 4.46. The molecule has 4 nitrogen and oxygen atoms in total. The van der Waals surface area contributed by atoms with Crippen LogP contribution in [0.25, 0.3) is 0 Å². The van der Waals surface area contributed by atoms with Crippen molar-refractivity contribution < 1.29 is 14.7 Å². The smallest absolute Gasteiger partial charge is 0.264 e. The molecule has 0 saturated carbocycles. The van der Waals surface area contributed by atoms with Crippen LogP contribution in [0.1, 0.15) is 57.9 Å². The van der Waals surface area contributed by atoms with Crippen molar-refractivity contribution in [1.29, 1.82) is 0 Å². The maximum atomic E-state index is 13.5. The van der Waals surface area contributed by atoms with Gasteiger partial charge in [0.05, 0.1) is 18.7 Å². The van der Waals surface area contributed by atoms with Gasteiger partial charge in [-0.25, -0.2) is 0 Å². The van der Waals surface area contributed by atoms with Crippen molar-refractivity contribution in [3.8, 4) is 0 Å². The van der Waals surface area contributed by atoms with Gasteiger partial charge in [-0.1, -0.05) is 79.6 Å². The van der Waals surface area contributed by atoms with Gasteiger partial charge in [-0.3, -0.25) is 9.59 Å². The number of benzene rings is 3. The summed E-state index contributed by atoms with van der Waals surface area (Å²) in [7, 11) is 0. The maximum Gasteiger partial charge on any atom is 0.264 e. The molecule has 1 atom stereocenters. The molecule has 0 radical (unpaired) electrons. The van der Waals surface area contributed by atoms with Crippen LogP contribution in [0.4, 0.5) is 5.69 Å². The normalized spacial score (nSPS) is 17.5. The Morgan fingerprint density at radius 3 is 2.44 bits per heavy atom. The number of aliphatic hydroxyl groups is 1. The molecule has 0 bridgehead atoms. The van der Waals surface area contributed by atoms with Crippen molar-refractivity contribution in [2.24, 2.45) is 0 Å². The van der Waals surface area contributed by atoms with Gasteiger partial charge in [-0.2, -0.15) is 0 Å². The number of para-hydroxylation sites is 1. The van der Waals surface area contributed by atoms with Crippen molar-refractivity contribution >= 4 is 17.4 Å². The molecule has 1 unspecified atom stereocenters. The van der Waals surface area contributed by atoms with Gasteiger partial charge in [0.2, 0.25) is 0 Å². The lowest BCUT2D eigenvalue weighted by molar-refractivity contribution is -0.136. The highest BCUT2D eigenvalue weighted by atomic mass is 16.3. The third kappa shape index (κ3) is 3.98. The minimum Gasteiger partial charge on any atom is -0.375 e. The van der Waals surface area contributed by atoms with Crippen LogP contribution in [0.15, 0.2) is 66.7 Å². The summed E-state index contributed by atoms with van der Waals surface area (Å²) in [5.41, 5.74) is 4.19. The minimum absolute atomic E-state index is 0.243. The van der Waals surface area contributed by atoms with Crippen molar-refractivity contribution in [3.63, 3.8) is 0 Å². The Balaban J connectivity index is 1.64. The standard InChI is InChI=1S/C28H29NO3/c1-4-7-21-12-14-22(15-13-21)26(30)17-28(32)24-8-5-6-9-25(24)29(27(28)31)18-23-16-19(2)10-11-20(23)3/h5-6,8-16,32H,4,7,17-18H2,1-3H3. The van der Waals surface area contributed by atoms with Gasteiger partial charge in [0.1, 0.15) is 0 Å². The van der Waals surface area contributed by atoms with E-state index in [1.165, 1.54) is 5.56 Å². The van der Waals surface area contributed by atoms with Gasteiger partial charge in [-0.05, 0) is 43.0 Å². The topological polar surface area (TPSA) is 57.6 Å². The van der Waals surface area contributed by atoms with E-state index >= 15 is 0 Å². The number of Topliss-reactive ketones (excluding diaryl/α,β-unsaturated/α-hetero) is 1. The molecule has 1 N–H and O–H groups in total. The number of amides is 1. The molecule has 3 aromatic carbocycles. The second-order valence-electron chi connectivity index (χ2n) is 8.75. The van der Waals surface area contributed by atoms with Gasteiger partial charge in [0.15, 0.2) is 11.4 Å². The Kier molecular flexibility index (Phi) is 5.98. The van der Waals surface area contributed by atoms with Gasteiger partial charge in [-0.15, -0.1) is 0 Å². The number of aryl methyl sites for hydroxylation is 3. The summed E-state index contributed by atoms with van der Waals surface area (Å²) in [6, 6.07) is 20.8. The predicted molar refractivity (Wildman–Crippen MR) is 127 cm³/mol. The molecule has 0 spiro atoms. The fourth-order valence-corrected chi connectivity index (χ4v) is 4.46. The number of ketones is 1. The summed E-state index contributed by atoms with van der Waals surface area (Å²) in [5.74, 6) is -0.692. The fraction of sp³-hybridized carbons (Fsp3) is 0.286. The summed E-state index contributed by atoms with van der Waals surface area (Å²) in [4.78, 5) is 28.2. The number of carbonyl (C=O) groups is 2. The molecule has 1 aliphatic heterocycles. The molecule has 0 saturated heterocycles. The number of rotatable bonds is 7. The van der Waals surface area contributed by atoms with E-state index in [0.717, 1.165) is 29.5 Å². The van der Waals surface area contributed by atoms with E-state index in [0.29, 0.717) is 23.4 Å². The molecule has 4 heteroatoms. The number of carbonyl (C=O) groups excluding carboxylic acids is 2. The molecule has 3 aromatic rings. The molecule has 0 fully saturated rings. The van der Waals surface area contributed by atoms with Gasteiger partial charge < -0.3 is 10.0 Å². The van der Waals surface area contributed by atoms with Gasteiger partial charge >= 0.3 is 0 Å². The van der Waals surface area contributed by atoms with Crippen LogP contribution in [0, 0.1) is 13.8 Å². The monoisotopic (exact) mass is 427 g/mol. The van der Waals surface area contributed by atoms with Crippen LogP contribution in [-0.2, 0) is 23.4 Å². The number of hydrogen-bond donors (Lipinski definition) is 1. The number of fused-ring (bicyclic) bond motifs is 1. The van der Waals surface area contributed by atoms with E-state index in [-0.39, 0.29) is 12.2 Å². The second-order valence-corrected chi connectivity index (χ2v) is 8.75. The third-order valence-corrected chi connectivity index (χ3v) is 6.30. The van der Waals surface area contributed by atoms with Crippen LogP contribution in [-0.4, -0.2) is 16.8 Å². The zero-order valence-corrected chi connectivity index (χ0v) is 18.9. The van der Waals surface area contributed by atoms with Gasteiger partial charge in [0, 0.05) is 11.1 Å². The van der Waals surface area contributed by atoms with E-state index in [1.807, 2.05) is 50.2 Å². The lowest BCUT2D eigenvalue weighted by Crippen LogP contribution is -2.41. The molecule has 1 aliphatic rings. The van der Waals surface area contributed by atoms with E-state index in [4.69, 9.17) is 0 Å². The molecule has 1 amide bonds. The van der Waals surface area contributed by atoms with Crippen LogP contribution < -0.4 is 4.90 Å². The highest BCUT2D eigenvalue weighted by Gasteiger charge is 2.50. The van der Waals surface area contributed by atoms with Crippen molar-refractivity contribution in [2.45, 2.75) is 52.2 Å². The molecule has 164 valence electrons. The maximum absolute atomic E-state index is 13.5. The Morgan fingerprint density at radius 2 is 1.72 bits per heavy atom. The Hall–Kier alpha value is -3.24. The summed E-state index contributed by atoms with van der Waals surface area (Å²) in [5, 5.41) is 11.5. The lowest BCUT2D eigenvalue weighted by Gasteiger charge is -2.23. The molecule has 32 heavy (non-hydrogen) atoms. The Morgan fingerprint density at radius 1 is 1.00 bits per heavy atom. The molecular weight excluding hydrogens is 398 g/mol. The Bertz CT molecular complexity index is 1170. The average Bonchev–Trinajstić information content (AvgIpc) is 2.99. The highest BCUT2D eigenvalue weighted by Crippen LogP contribution is 2.43. The zero-order chi connectivity index (χ0) is 22.9. The quantitative estimate of drug-likeness (QED) is 0.523. The summed E-state index contributed by atoms with van der Waals surface area (Å²) < 4.78 is 0. The van der Waals surface area contributed by atoms with Gasteiger partial charge in [0.25, 0.3) is 5.91 Å². The summed E-state index contributed by atoms with van der Waals surface area (Å²) in [6.45, 7) is 6.50. The van der Waals surface area contributed by atoms with E-state index in [2.05, 4.69) is 13.0 Å². The molecule has 1 heterocycles. The molecule has 0 aliphatic carbocycles. The van der Waals surface area contributed by atoms with E-state index in [1.54, 1.807) is 29.2 Å². The largest absolute Gasteiger partial charge is 0.375 e. The van der Waals surface area contributed by atoms with Crippen molar-refractivity contribution in [1.82, 2.24) is 0 Å². The van der Waals surface area contributed by atoms with Crippen molar-refractivity contribution in [3.05, 3.63) is 100 Å². The third-order valence-electron chi connectivity index (χ3n) is 6.30. The van der Waals surface area contributed by atoms with Crippen LogP contribution in [0.2, 0.25) is 0 Å². The predicted octanol–water partition coefficient (Wildman–Crippen LogP) is 5.26. The first-order valence-corrected chi connectivity index (χ1v) is 11.2.